The Labute approximate surface area is 93.9 Å². The number of anilines is 1. The molecule has 2 heterocycles. The van der Waals surface area contributed by atoms with Gasteiger partial charge in [-0.25, -0.2) is 4.98 Å². The number of likely N-dealkylation sites (tertiary alicyclic amines) is 1. The number of amides is 1. The molecule has 1 fully saturated rings. The number of hydrogen-bond acceptors (Lipinski definition) is 4. The van der Waals surface area contributed by atoms with Crippen molar-refractivity contribution >= 4 is 11.6 Å². The zero-order valence-corrected chi connectivity index (χ0v) is 9.18. The lowest BCUT2D eigenvalue weighted by atomic mass is 9.91. The molecule has 0 atom stereocenters. The average molecular weight is 221 g/mol. The third kappa shape index (κ3) is 1.86. The lowest BCUT2D eigenvalue weighted by molar-refractivity contribution is -0.0828. The number of β-amino-alcohol motifs (C(OH)–C–C–N with tert-alkyl or cyclic N) is 1. The number of aliphatic hydroxyl groups is 1. The number of nitrogens with two attached hydrogens (primary N) is 1. The molecule has 1 aliphatic rings. The fraction of sp³-hybridized carbons (Fsp3) is 0.455. The predicted octanol–water partition coefficient (Wildman–Crippen LogP) is 0.261. The molecule has 0 radical (unpaired) electrons. The van der Waals surface area contributed by atoms with Gasteiger partial charge in [0.15, 0.2) is 0 Å². The quantitative estimate of drug-likeness (QED) is 0.750. The van der Waals surface area contributed by atoms with E-state index in [0.29, 0.717) is 30.9 Å². The molecule has 3 N–H and O–H groups in total. The summed E-state index contributed by atoms with van der Waals surface area (Å²) >= 11 is 0. The van der Waals surface area contributed by atoms with Gasteiger partial charge in [0.2, 0.25) is 0 Å². The second-order valence-electron chi connectivity index (χ2n) is 4.22. The summed E-state index contributed by atoms with van der Waals surface area (Å²) in [6.45, 7) is 2.67. The van der Waals surface area contributed by atoms with E-state index in [1.807, 2.05) is 6.92 Å². The third-order valence-electron chi connectivity index (χ3n) is 2.92. The fourth-order valence-corrected chi connectivity index (χ4v) is 1.73. The van der Waals surface area contributed by atoms with Gasteiger partial charge in [-0.2, -0.15) is 0 Å². The first kappa shape index (κ1) is 10.9. The van der Waals surface area contributed by atoms with E-state index in [1.54, 1.807) is 17.0 Å². The van der Waals surface area contributed by atoms with Crippen molar-refractivity contribution in [1.82, 2.24) is 9.88 Å². The number of nitrogen functional groups attached to an aromatic ring is 1. The Morgan fingerprint density at radius 3 is 2.81 bits per heavy atom. The van der Waals surface area contributed by atoms with Crippen LogP contribution in [0.5, 0.6) is 0 Å². The second-order valence-corrected chi connectivity index (χ2v) is 4.22. The van der Waals surface area contributed by atoms with Crippen LogP contribution in [0.1, 0.15) is 23.8 Å². The maximum atomic E-state index is 11.9. The summed E-state index contributed by atoms with van der Waals surface area (Å²) in [7, 11) is 0. The Hall–Kier alpha value is -1.62. The standard InChI is InChI=1S/C11H15N3O2/c1-2-11(16)6-14(7-11)10(15)9-4-3-8(12)5-13-9/h3-5,16H,2,6-7,12H2,1H3. The molecule has 0 unspecified atom stereocenters. The summed E-state index contributed by atoms with van der Waals surface area (Å²) in [4.78, 5) is 17.4. The number of hydrogen-bond donors (Lipinski definition) is 2. The maximum Gasteiger partial charge on any atom is 0.272 e. The largest absolute Gasteiger partial charge is 0.397 e. The van der Waals surface area contributed by atoms with E-state index >= 15 is 0 Å². The van der Waals surface area contributed by atoms with Crippen LogP contribution in [0.4, 0.5) is 5.69 Å². The van der Waals surface area contributed by atoms with Crippen LogP contribution in [0.25, 0.3) is 0 Å². The summed E-state index contributed by atoms with van der Waals surface area (Å²) in [6, 6.07) is 3.24. The van der Waals surface area contributed by atoms with Gasteiger partial charge in [0.05, 0.1) is 30.6 Å². The summed E-state index contributed by atoms with van der Waals surface area (Å²) < 4.78 is 0. The van der Waals surface area contributed by atoms with Crippen molar-refractivity contribution in [2.45, 2.75) is 18.9 Å². The molecule has 0 aliphatic carbocycles. The van der Waals surface area contributed by atoms with Gasteiger partial charge < -0.3 is 15.7 Å². The van der Waals surface area contributed by atoms with Gasteiger partial charge in [-0.3, -0.25) is 4.79 Å². The van der Waals surface area contributed by atoms with Crippen molar-refractivity contribution < 1.29 is 9.90 Å². The van der Waals surface area contributed by atoms with Gasteiger partial charge in [-0.05, 0) is 18.6 Å². The van der Waals surface area contributed by atoms with Gasteiger partial charge in [0.1, 0.15) is 5.69 Å². The molecule has 86 valence electrons. The van der Waals surface area contributed by atoms with Gasteiger partial charge in [0, 0.05) is 0 Å². The van der Waals surface area contributed by atoms with Crippen LogP contribution in [-0.4, -0.2) is 39.6 Å². The van der Waals surface area contributed by atoms with E-state index in [-0.39, 0.29) is 5.91 Å². The minimum atomic E-state index is -0.705. The normalized spacial score (nSPS) is 18.0. The van der Waals surface area contributed by atoms with Gasteiger partial charge in [0.25, 0.3) is 5.91 Å². The van der Waals surface area contributed by atoms with Crippen molar-refractivity contribution in [2.75, 3.05) is 18.8 Å². The monoisotopic (exact) mass is 221 g/mol. The van der Waals surface area contributed by atoms with Crippen molar-refractivity contribution in [3.63, 3.8) is 0 Å². The Balaban J connectivity index is 2.03. The predicted molar refractivity (Wildman–Crippen MR) is 59.8 cm³/mol. The minimum Gasteiger partial charge on any atom is -0.397 e. The molecule has 1 aromatic rings. The highest BCUT2D eigenvalue weighted by Gasteiger charge is 2.42. The molecule has 5 heteroatoms. The van der Waals surface area contributed by atoms with Crippen molar-refractivity contribution in [3.8, 4) is 0 Å². The third-order valence-corrected chi connectivity index (χ3v) is 2.92. The number of aromatic nitrogens is 1. The molecule has 1 aromatic heterocycles. The van der Waals surface area contributed by atoms with Crippen LogP contribution in [0.2, 0.25) is 0 Å². The van der Waals surface area contributed by atoms with Crippen LogP contribution in [-0.2, 0) is 0 Å². The van der Waals surface area contributed by atoms with Gasteiger partial charge >= 0.3 is 0 Å². The Morgan fingerprint density at radius 1 is 1.62 bits per heavy atom. The van der Waals surface area contributed by atoms with E-state index in [1.165, 1.54) is 6.20 Å². The number of pyridine rings is 1. The van der Waals surface area contributed by atoms with E-state index < -0.39 is 5.60 Å². The molecular weight excluding hydrogens is 206 g/mol. The molecule has 1 amide bonds. The Bertz CT molecular complexity index is 396. The summed E-state index contributed by atoms with van der Waals surface area (Å²) in [5, 5.41) is 9.79. The lowest BCUT2D eigenvalue weighted by Crippen LogP contribution is -2.63. The molecule has 1 aliphatic heterocycles. The van der Waals surface area contributed by atoms with Crippen LogP contribution < -0.4 is 5.73 Å². The molecule has 16 heavy (non-hydrogen) atoms. The Kier molecular flexibility index (Phi) is 2.55. The number of carbonyl (C=O) groups excluding carboxylic acids is 1. The first-order chi connectivity index (χ1) is 7.54. The van der Waals surface area contributed by atoms with Crippen molar-refractivity contribution in [3.05, 3.63) is 24.0 Å². The molecule has 5 nitrogen and oxygen atoms in total. The van der Waals surface area contributed by atoms with Crippen LogP contribution >= 0.6 is 0 Å². The summed E-state index contributed by atoms with van der Waals surface area (Å²) in [6.07, 6.45) is 2.12. The SMILES string of the molecule is CCC1(O)CN(C(=O)c2ccc(N)cn2)C1. The molecular formula is C11H15N3O2. The Morgan fingerprint density at radius 2 is 2.31 bits per heavy atom. The van der Waals surface area contributed by atoms with Gasteiger partial charge in [-0.15, -0.1) is 0 Å². The summed E-state index contributed by atoms with van der Waals surface area (Å²) in [5.41, 5.74) is 5.68. The maximum absolute atomic E-state index is 11.9. The van der Waals surface area contributed by atoms with Crippen molar-refractivity contribution in [2.24, 2.45) is 0 Å². The van der Waals surface area contributed by atoms with E-state index in [4.69, 9.17) is 5.73 Å². The zero-order chi connectivity index (χ0) is 11.8. The molecule has 0 spiro atoms. The highest BCUT2D eigenvalue weighted by atomic mass is 16.3. The first-order valence-corrected chi connectivity index (χ1v) is 5.27. The number of carbonyl (C=O) groups is 1. The van der Waals surface area contributed by atoms with E-state index in [9.17, 15) is 9.90 Å². The minimum absolute atomic E-state index is 0.155. The topological polar surface area (TPSA) is 79.5 Å². The van der Waals surface area contributed by atoms with Crippen LogP contribution in [0, 0.1) is 0 Å². The van der Waals surface area contributed by atoms with Crippen LogP contribution in [0.3, 0.4) is 0 Å². The number of nitrogens with zero attached hydrogens (tertiary/aromatic N) is 2. The van der Waals surface area contributed by atoms with Gasteiger partial charge in [-0.1, -0.05) is 6.92 Å². The smallest absolute Gasteiger partial charge is 0.272 e. The highest BCUT2D eigenvalue weighted by Crippen LogP contribution is 2.25. The lowest BCUT2D eigenvalue weighted by Gasteiger charge is -2.45. The molecule has 2 rings (SSSR count). The zero-order valence-electron chi connectivity index (χ0n) is 9.18. The number of rotatable bonds is 2. The molecule has 0 bridgehead atoms. The van der Waals surface area contributed by atoms with E-state index in [0.717, 1.165) is 0 Å². The molecule has 0 saturated carbocycles. The first-order valence-electron chi connectivity index (χ1n) is 5.27. The second kappa shape index (κ2) is 3.75. The van der Waals surface area contributed by atoms with E-state index in [2.05, 4.69) is 4.98 Å². The average Bonchev–Trinajstić information content (AvgIpc) is 2.25. The van der Waals surface area contributed by atoms with Crippen molar-refractivity contribution in [1.29, 1.82) is 0 Å². The highest BCUT2D eigenvalue weighted by molar-refractivity contribution is 5.93. The molecule has 0 aromatic carbocycles. The fourth-order valence-electron chi connectivity index (χ4n) is 1.73. The summed E-state index contributed by atoms with van der Waals surface area (Å²) in [5.74, 6) is -0.155. The molecule has 1 saturated heterocycles. The van der Waals surface area contributed by atoms with Crippen LogP contribution in [0.15, 0.2) is 18.3 Å².